The van der Waals surface area contributed by atoms with Gasteiger partial charge in [-0.05, 0) is 35.4 Å². The second kappa shape index (κ2) is 7.41. The Balaban J connectivity index is 1.63. The first-order chi connectivity index (χ1) is 13.2. The Bertz CT molecular complexity index is 1090. The van der Waals surface area contributed by atoms with Crippen LogP contribution in [0, 0.1) is 0 Å². The summed E-state index contributed by atoms with van der Waals surface area (Å²) >= 11 is 0. The van der Waals surface area contributed by atoms with E-state index in [9.17, 15) is 8.78 Å². The summed E-state index contributed by atoms with van der Waals surface area (Å²) in [5.41, 5.74) is 4.05. The van der Waals surface area contributed by atoms with Crippen LogP contribution in [0.25, 0.3) is 34.4 Å². The van der Waals surface area contributed by atoms with Crippen LogP contribution in [0.15, 0.2) is 77.2 Å². The van der Waals surface area contributed by atoms with Crippen molar-refractivity contribution in [2.75, 3.05) is 0 Å². The number of oxazole rings is 1. The molecule has 5 heteroatoms. The molecule has 0 aliphatic heterocycles. The summed E-state index contributed by atoms with van der Waals surface area (Å²) < 4.78 is 35.2. The van der Waals surface area contributed by atoms with E-state index in [-0.39, 0.29) is 5.75 Å². The molecule has 0 spiro atoms. The average molecular weight is 363 g/mol. The molecule has 0 atom stereocenters. The minimum absolute atomic E-state index is 0.103. The zero-order valence-electron chi connectivity index (χ0n) is 14.2. The van der Waals surface area contributed by atoms with Gasteiger partial charge in [0.15, 0.2) is 5.58 Å². The molecular formula is C22H15F2NO2. The lowest BCUT2D eigenvalue weighted by Crippen LogP contribution is -2.02. The molecule has 3 nitrogen and oxygen atoms in total. The SMILES string of the molecule is FC(F)Oc1ccccc1C=Cc1nc2cc(-c3ccccc3)ccc2o1. The molecule has 0 radical (unpaired) electrons. The molecule has 4 aromatic rings. The largest absolute Gasteiger partial charge is 0.437 e. The number of nitrogens with zero attached hydrogens (tertiary/aromatic N) is 1. The summed E-state index contributed by atoms with van der Waals surface area (Å²) in [6.07, 6.45) is 3.27. The summed E-state index contributed by atoms with van der Waals surface area (Å²) in [5, 5.41) is 0. The number of rotatable bonds is 5. The molecule has 3 aromatic carbocycles. The van der Waals surface area contributed by atoms with Gasteiger partial charge in [-0.25, -0.2) is 4.98 Å². The Kier molecular flexibility index (Phi) is 4.66. The van der Waals surface area contributed by atoms with Crippen molar-refractivity contribution in [2.24, 2.45) is 0 Å². The second-order valence-corrected chi connectivity index (χ2v) is 5.85. The third kappa shape index (κ3) is 3.87. The average Bonchev–Trinajstić information content (AvgIpc) is 3.09. The molecule has 1 heterocycles. The maximum absolute atomic E-state index is 12.5. The normalized spacial score (nSPS) is 11.5. The van der Waals surface area contributed by atoms with E-state index >= 15 is 0 Å². The molecule has 0 unspecified atom stereocenters. The fourth-order valence-electron chi connectivity index (χ4n) is 2.81. The van der Waals surface area contributed by atoms with Crippen molar-refractivity contribution in [2.45, 2.75) is 6.61 Å². The van der Waals surface area contributed by atoms with Crippen molar-refractivity contribution in [1.82, 2.24) is 4.98 Å². The summed E-state index contributed by atoms with van der Waals surface area (Å²) in [4.78, 5) is 4.46. The highest BCUT2D eigenvalue weighted by Crippen LogP contribution is 2.26. The molecule has 0 bridgehead atoms. The van der Waals surface area contributed by atoms with Crippen LogP contribution in [0.2, 0.25) is 0 Å². The van der Waals surface area contributed by atoms with Gasteiger partial charge in [0.05, 0.1) is 0 Å². The third-order valence-electron chi connectivity index (χ3n) is 4.05. The highest BCUT2D eigenvalue weighted by Gasteiger charge is 2.08. The van der Waals surface area contributed by atoms with Crippen molar-refractivity contribution in [3.8, 4) is 16.9 Å². The molecule has 0 aliphatic carbocycles. The van der Waals surface area contributed by atoms with Gasteiger partial charge in [0, 0.05) is 11.6 Å². The second-order valence-electron chi connectivity index (χ2n) is 5.85. The molecule has 1 aromatic heterocycles. The number of benzene rings is 3. The molecule has 0 saturated heterocycles. The van der Waals surface area contributed by atoms with Gasteiger partial charge in [-0.2, -0.15) is 8.78 Å². The van der Waals surface area contributed by atoms with E-state index in [2.05, 4.69) is 9.72 Å². The monoisotopic (exact) mass is 363 g/mol. The zero-order valence-corrected chi connectivity index (χ0v) is 14.2. The molecule has 0 aliphatic rings. The van der Waals surface area contributed by atoms with Crippen molar-refractivity contribution in [3.63, 3.8) is 0 Å². The number of halogens is 2. The summed E-state index contributed by atoms with van der Waals surface area (Å²) in [6, 6.07) is 22.4. The number of hydrogen-bond donors (Lipinski definition) is 0. The zero-order chi connectivity index (χ0) is 18.6. The quantitative estimate of drug-likeness (QED) is 0.419. The van der Waals surface area contributed by atoms with E-state index < -0.39 is 6.61 Å². The van der Waals surface area contributed by atoms with Crippen molar-refractivity contribution < 1.29 is 17.9 Å². The Hall–Kier alpha value is -3.47. The van der Waals surface area contributed by atoms with Gasteiger partial charge in [0.2, 0.25) is 5.89 Å². The number of para-hydroxylation sites is 1. The van der Waals surface area contributed by atoms with Crippen LogP contribution >= 0.6 is 0 Å². The maximum Gasteiger partial charge on any atom is 0.387 e. The number of aromatic nitrogens is 1. The van der Waals surface area contributed by atoms with Crippen molar-refractivity contribution in [3.05, 3.63) is 84.3 Å². The lowest BCUT2D eigenvalue weighted by atomic mass is 10.1. The van der Waals surface area contributed by atoms with Crippen LogP contribution in [0.5, 0.6) is 5.75 Å². The Morgan fingerprint density at radius 1 is 0.852 bits per heavy atom. The van der Waals surface area contributed by atoms with Gasteiger partial charge >= 0.3 is 6.61 Å². The van der Waals surface area contributed by atoms with Crippen LogP contribution in [0.3, 0.4) is 0 Å². The van der Waals surface area contributed by atoms with E-state index in [1.165, 1.54) is 6.07 Å². The lowest BCUT2D eigenvalue weighted by Gasteiger charge is -2.06. The summed E-state index contributed by atoms with van der Waals surface area (Å²) in [7, 11) is 0. The molecule has 4 rings (SSSR count). The van der Waals surface area contributed by atoms with E-state index in [4.69, 9.17) is 4.42 Å². The van der Waals surface area contributed by atoms with Gasteiger partial charge in [-0.1, -0.05) is 54.6 Å². The first-order valence-electron chi connectivity index (χ1n) is 8.37. The highest BCUT2D eigenvalue weighted by molar-refractivity contribution is 5.82. The Labute approximate surface area is 154 Å². The molecule has 0 saturated carbocycles. The maximum atomic E-state index is 12.5. The van der Waals surface area contributed by atoms with Crippen LogP contribution in [-0.2, 0) is 0 Å². The number of ether oxygens (including phenoxy) is 1. The summed E-state index contributed by atoms with van der Waals surface area (Å²) in [5.74, 6) is 0.494. The first-order valence-corrected chi connectivity index (χ1v) is 8.37. The van der Waals surface area contributed by atoms with Crippen LogP contribution in [-0.4, -0.2) is 11.6 Å². The Morgan fingerprint density at radius 3 is 2.44 bits per heavy atom. The van der Waals surface area contributed by atoms with Gasteiger partial charge in [-0.15, -0.1) is 0 Å². The van der Waals surface area contributed by atoms with Gasteiger partial charge in [0.1, 0.15) is 11.3 Å². The topological polar surface area (TPSA) is 35.3 Å². The lowest BCUT2D eigenvalue weighted by molar-refractivity contribution is -0.0499. The van der Waals surface area contributed by atoms with Crippen molar-refractivity contribution in [1.29, 1.82) is 0 Å². The predicted molar refractivity (Wildman–Crippen MR) is 101 cm³/mol. The van der Waals surface area contributed by atoms with E-state index in [1.54, 1.807) is 30.4 Å². The van der Waals surface area contributed by atoms with Crippen LogP contribution < -0.4 is 4.74 Å². The van der Waals surface area contributed by atoms with Crippen LogP contribution in [0.1, 0.15) is 11.5 Å². The fraction of sp³-hybridized carbons (Fsp3) is 0.0455. The molecule has 27 heavy (non-hydrogen) atoms. The van der Waals surface area contributed by atoms with E-state index in [0.29, 0.717) is 17.0 Å². The number of hydrogen-bond acceptors (Lipinski definition) is 3. The molecule has 0 fully saturated rings. The minimum atomic E-state index is -2.87. The molecule has 134 valence electrons. The van der Waals surface area contributed by atoms with Gasteiger partial charge in [-0.3, -0.25) is 0 Å². The smallest absolute Gasteiger partial charge is 0.387 e. The minimum Gasteiger partial charge on any atom is -0.437 e. The van der Waals surface area contributed by atoms with Gasteiger partial charge in [0.25, 0.3) is 0 Å². The molecule has 0 N–H and O–H groups in total. The van der Waals surface area contributed by atoms with E-state index in [1.807, 2.05) is 48.5 Å². The third-order valence-corrected chi connectivity index (χ3v) is 4.05. The standard InChI is InChI=1S/C22H15F2NO2/c23-22(24)27-19-9-5-4-8-16(19)11-13-21-25-18-14-17(10-12-20(18)26-21)15-6-2-1-3-7-15/h1-14,22H. The van der Waals surface area contributed by atoms with Crippen LogP contribution in [0.4, 0.5) is 8.78 Å². The predicted octanol–water partition coefficient (Wildman–Crippen LogP) is 6.27. The Morgan fingerprint density at radius 2 is 1.63 bits per heavy atom. The molecular weight excluding hydrogens is 348 g/mol. The first kappa shape index (κ1) is 17.0. The molecule has 0 amide bonds. The van der Waals surface area contributed by atoms with Gasteiger partial charge < -0.3 is 9.15 Å². The number of fused-ring (bicyclic) bond motifs is 1. The number of alkyl halides is 2. The fourth-order valence-corrected chi connectivity index (χ4v) is 2.81. The highest BCUT2D eigenvalue weighted by atomic mass is 19.3. The summed E-state index contributed by atoms with van der Waals surface area (Å²) in [6.45, 7) is -2.87. The van der Waals surface area contributed by atoms with Crippen molar-refractivity contribution >= 4 is 23.3 Å². The van der Waals surface area contributed by atoms with E-state index in [0.717, 1.165) is 16.6 Å².